The third kappa shape index (κ3) is 1.92. The van der Waals surface area contributed by atoms with Gasteiger partial charge in [0.2, 0.25) is 0 Å². The molecule has 1 aromatic heterocycles. The second kappa shape index (κ2) is 3.40. The van der Waals surface area contributed by atoms with Gasteiger partial charge in [0, 0.05) is 17.2 Å². The van der Waals surface area contributed by atoms with Crippen LogP contribution < -0.4 is 5.73 Å². The Bertz CT molecular complexity index is 364. The van der Waals surface area contributed by atoms with E-state index in [9.17, 15) is 4.79 Å². The van der Waals surface area contributed by atoms with E-state index >= 15 is 0 Å². The SMILES string of the molecule is Cc1c(N)cncc1C(=O)C(C)(C)C. The molecule has 0 aliphatic rings. The van der Waals surface area contributed by atoms with Gasteiger partial charge in [-0.25, -0.2) is 0 Å². The molecule has 0 bridgehead atoms. The smallest absolute Gasteiger partial charge is 0.170 e. The van der Waals surface area contributed by atoms with Gasteiger partial charge in [0.15, 0.2) is 5.78 Å². The van der Waals surface area contributed by atoms with Crippen molar-refractivity contribution in [2.24, 2.45) is 5.41 Å². The summed E-state index contributed by atoms with van der Waals surface area (Å²) in [5, 5.41) is 0. The zero-order valence-corrected chi connectivity index (χ0v) is 9.09. The van der Waals surface area contributed by atoms with Crippen LogP contribution in [0.3, 0.4) is 0 Å². The maximum absolute atomic E-state index is 11.9. The fraction of sp³-hybridized carbons (Fsp3) is 0.455. The van der Waals surface area contributed by atoms with Gasteiger partial charge in [-0.15, -0.1) is 0 Å². The fourth-order valence-electron chi connectivity index (χ4n) is 1.17. The molecule has 2 N–H and O–H groups in total. The van der Waals surface area contributed by atoms with Crippen LogP contribution in [0.5, 0.6) is 0 Å². The molecule has 3 nitrogen and oxygen atoms in total. The average molecular weight is 192 g/mol. The molecule has 0 spiro atoms. The summed E-state index contributed by atoms with van der Waals surface area (Å²) in [5.74, 6) is 0.0785. The van der Waals surface area contributed by atoms with Gasteiger partial charge in [0.05, 0.1) is 11.9 Å². The Morgan fingerprint density at radius 1 is 1.36 bits per heavy atom. The summed E-state index contributed by atoms with van der Waals surface area (Å²) in [5.41, 5.74) is 7.31. The van der Waals surface area contributed by atoms with E-state index < -0.39 is 0 Å². The molecule has 0 amide bonds. The predicted octanol–water partition coefficient (Wildman–Crippen LogP) is 2.20. The summed E-state index contributed by atoms with van der Waals surface area (Å²) in [6, 6.07) is 0. The average Bonchev–Trinajstić information content (AvgIpc) is 2.07. The number of hydrogen-bond acceptors (Lipinski definition) is 3. The van der Waals surface area contributed by atoms with Crippen molar-refractivity contribution in [3.8, 4) is 0 Å². The molecule has 1 aromatic rings. The highest BCUT2D eigenvalue weighted by atomic mass is 16.1. The van der Waals surface area contributed by atoms with Crippen molar-refractivity contribution in [3.05, 3.63) is 23.5 Å². The van der Waals surface area contributed by atoms with E-state index in [0.717, 1.165) is 5.56 Å². The summed E-state index contributed by atoms with van der Waals surface area (Å²) in [6.07, 6.45) is 3.15. The first-order valence-electron chi connectivity index (χ1n) is 4.59. The minimum atomic E-state index is -0.389. The molecule has 0 unspecified atom stereocenters. The molecule has 0 aromatic carbocycles. The lowest BCUT2D eigenvalue weighted by molar-refractivity contribution is 0.0857. The summed E-state index contributed by atoms with van der Waals surface area (Å²) >= 11 is 0. The number of nitrogen functional groups attached to an aromatic ring is 1. The molecule has 0 saturated heterocycles. The fourth-order valence-corrected chi connectivity index (χ4v) is 1.17. The number of nitrogens with two attached hydrogens (primary N) is 1. The molecule has 3 heteroatoms. The number of nitrogens with zero attached hydrogens (tertiary/aromatic N) is 1. The van der Waals surface area contributed by atoms with Crippen LogP contribution in [0, 0.1) is 12.3 Å². The molecule has 1 heterocycles. The van der Waals surface area contributed by atoms with E-state index in [2.05, 4.69) is 4.98 Å². The maximum Gasteiger partial charge on any atom is 0.170 e. The van der Waals surface area contributed by atoms with E-state index in [4.69, 9.17) is 5.73 Å². The quantitative estimate of drug-likeness (QED) is 0.694. The number of aromatic nitrogens is 1. The van der Waals surface area contributed by atoms with Gasteiger partial charge in [-0.05, 0) is 12.5 Å². The summed E-state index contributed by atoms with van der Waals surface area (Å²) in [7, 11) is 0. The van der Waals surface area contributed by atoms with Gasteiger partial charge in [0.25, 0.3) is 0 Å². The lowest BCUT2D eigenvalue weighted by atomic mass is 9.85. The highest BCUT2D eigenvalue weighted by Gasteiger charge is 2.24. The number of rotatable bonds is 1. The van der Waals surface area contributed by atoms with E-state index in [0.29, 0.717) is 11.3 Å². The highest BCUT2D eigenvalue weighted by Crippen LogP contribution is 2.24. The van der Waals surface area contributed by atoms with Crippen molar-refractivity contribution >= 4 is 11.5 Å². The number of carbonyl (C=O) groups is 1. The number of Topliss-reactive ketones (excluding diaryl/α,β-unsaturated/α-hetero) is 1. The van der Waals surface area contributed by atoms with E-state index in [1.54, 1.807) is 12.4 Å². The molecule has 0 aliphatic heterocycles. The van der Waals surface area contributed by atoms with Crippen LogP contribution in [0.2, 0.25) is 0 Å². The number of carbonyl (C=O) groups excluding carboxylic acids is 1. The Morgan fingerprint density at radius 2 is 1.93 bits per heavy atom. The molecule has 76 valence electrons. The molecule has 14 heavy (non-hydrogen) atoms. The van der Waals surface area contributed by atoms with Gasteiger partial charge >= 0.3 is 0 Å². The zero-order valence-electron chi connectivity index (χ0n) is 9.09. The first kappa shape index (κ1) is 10.7. The van der Waals surface area contributed by atoms with Gasteiger partial charge in [-0.3, -0.25) is 9.78 Å². The summed E-state index contributed by atoms with van der Waals surface area (Å²) in [6.45, 7) is 7.50. The van der Waals surface area contributed by atoms with Gasteiger partial charge in [-0.1, -0.05) is 20.8 Å². The Balaban J connectivity index is 3.21. The van der Waals surface area contributed by atoms with E-state index in [1.807, 2.05) is 27.7 Å². The lowest BCUT2D eigenvalue weighted by Gasteiger charge is -2.18. The molecule has 0 aliphatic carbocycles. The first-order chi connectivity index (χ1) is 6.34. The van der Waals surface area contributed by atoms with Gasteiger partial charge in [-0.2, -0.15) is 0 Å². The first-order valence-corrected chi connectivity index (χ1v) is 4.59. The molecule has 0 fully saturated rings. The Morgan fingerprint density at radius 3 is 2.43 bits per heavy atom. The Labute approximate surface area is 84.3 Å². The zero-order chi connectivity index (χ0) is 10.9. The number of hydrogen-bond donors (Lipinski definition) is 1. The highest BCUT2D eigenvalue weighted by molar-refractivity contribution is 6.01. The van der Waals surface area contributed by atoms with Crippen molar-refractivity contribution in [2.45, 2.75) is 27.7 Å². The number of pyridine rings is 1. The van der Waals surface area contributed by atoms with Gasteiger partial charge in [0.1, 0.15) is 0 Å². The lowest BCUT2D eigenvalue weighted by Crippen LogP contribution is -2.21. The normalized spacial score (nSPS) is 11.4. The van der Waals surface area contributed by atoms with Crippen LogP contribution in [0.4, 0.5) is 5.69 Å². The molecule has 0 radical (unpaired) electrons. The van der Waals surface area contributed by atoms with Crippen LogP contribution in [0.1, 0.15) is 36.7 Å². The number of anilines is 1. The maximum atomic E-state index is 11.9. The van der Waals surface area contributed by atoms with Crippen LogP contribution in [-0.4, -0.2) is 10.8 Å². The summed E-state index contributed by atoms with van der Waals surface area (Å²) in [4.78, 5) is 15.9. The van der Waals surface area contributed by atoms with Crippen molar-refractivity contribution in [1.29, 1.82) is 0 Å². The molecular weight excluding hydrogens is 176 g/mol. The Hall–Kier alpha value is -1.38. The standard InChI is InChI=1S/C11H16N2O/c1-7-8(5-13-6-9(7)12)10(14)11(2,3)4/h5-6H,12H2,1-4H3. The van der Waals surface area contributed by atoms with E-state index in [1.165, 1.54) is 0 Å². The largest absolute Gasteiger partial charge is 0.397 e. The second-order valence-electron chi connectivity index (χ2n) is 4.48. The third-order valence-electron chi connectivity index (χ3n) is 2.18. The van der Waals surface area contributed by atoms with Crippen LogP contribution >= 0.6 is 0 Å². The molecule has 0 atom stereocenters. The van der Waals surface area contributed by atoms with Crippen molar-refractivity contribution in [1.82, 2.24) is 4.98 Å². The molecule has 0 saturated carbocycles. The van der Waals surface area contributed by atoms with E-state index in [-0.39, 0.29) is 11.2 Å². The van der Waals surface area contributed by atoms with Crippen molar-refractivity contribution in [3.63, 3.8) is 0 Å². The van der Waals surface area contributed by atoms with Crippen LogP contribution in [0.25, 0.3) is 0 Å². The number of ketones is 1. The molecular formula is C11H16N2O. The third-order valence-corrected chi connectivity index (χ3v) is 2.18. The summed E-state index contributed by atoms with van der Waals surface area (Å²) < 4.78 is 0. The Kier molecular flexibility index (Phi) is 2.60. The van der Waals surface area contributed by atoms with Crippen molar-refractivity contribution < 1.29 is 4.79 Å². The predicted molar refractivity (Wildman–Crippen MR) is 57.2 cm³/mol. The molecule has 1 rings (SSSR count). The van der Waals surface area contributed by atoms with Crippen LogP contribution in [0.15, 0.2) is 12.4 Å². The van der Waals surface area contributed by atoms with Crippen molar-refractivity contribution in [2.75, 3.05) is 5.73 Å². The minimum absolute atomic E-state index is 0.0785. The topological polar surface area (TPSA) is 56.0 Å². The van der Waals surface area contributed by atoms with Gasteiger partial charge < -0.3 is 5.73 Å². The second-order valence-corrected chi connectivity index (χ2v) is 4.48. The monoisotopic (exact) mass is 192 g/mol. The minimum Gasteiger partial charge on any atom is -0.397 e. The van der Waals surface area contributed by atoms with Crippen LogP contribution in [-0.2, 0) is 0 Å².